The van der Waals surface area contributed by atoms with Crippen molar-refractivity contribution in [2.24, 2.45) is 0 Å². The molecule has 0 spiro atoms. The highest BCUT2D eigenvalue weighted by atomic mass is 35.5. The first-order chi connectivity index (χ1) is 17.9. The van der Waals surface area contributed by atoms with E-state index in [2.05, 4.69) is 10.3 Å². The number of aromatic nitrogens is 3. The number of ether oxygens (including phenoxy) is 4. The van der Waals surface area contributed by atoms with Gasteiger partial charge in [-0.2, -0.15) is 0 Å². The first-order valence-corrected chi connectivity index (χ1v) is 11.5. The molecule has 1 aromatic heterocycles. The molecule has 1 heterocycles. The van der Waals surface area contributed by atoms with Gasteiger partial charge in [0.1, 0.15) is 35.1 Å². The zero-order valence-electron chi connectivity index (χ0n) is 20.3. The van der Waals surface area contributed by atoms with Crippen LogP contribution in [0.25, 0.3) is 11.8 Å². The van der Waals surface area contributed by atoms with Gasteiger partial charge in [0, 0.05) is 12.1 Å². The number of methoxy groups -OCH3 is 3. The number of nitrogens with zero attached hydrogens (tertiary/aromatic N) is 3. The number of para-hydroxylation sites is 1. The molecule has 1 N–H and O–H groups in total. The molecular weight excluding hydrogens is 498 g/mol. The predicted octanol–water partition coefficient (Wildman–Crippen LogP) is 5.13. The number of hydrogen-bond donors (Lipinski definition) is 1. The van der Waals surface area contributed by atoms with Gasteiger partial charge >= 0.3 is 0 Å². The summed E-state index contributed by atoms with van der Waals surface area (Å²) >= 11 is 6.22. The van der Waals surface area contributed by atoms with Crippen LogP contribution >= 0.6 is 11.6 Å². The number of aromatic hydroxyl groups is 1. The third-order valence-electron chi connectivity index (χ3n) is 5.39. The molecule has 0 saturated carbocycles. The Kier molecular flexibility index (Phi) is 7.95. The largest absolute Gasteiger partial charge is 0.507 e. The number of carbonyl (C=O) groups is 1. The lowest BCUT2D eigenvalue weighted by Crippen LogP contribution is -2.01. The van der Waals surface area contributed by atoms with E-state index in [1.807, 2.05) is 18.2 Å². The molecule has 0 amide bonds. The topological polar surface area (TPSA) is 105 Å². The molecule has 0 radical (unpaired) electrons. The quantitative estimate of drug-likeness (QED) is 0.226. The molecule has 0 aliphatic heterocycles. The van der Waals surface area contributed by atoms with Gasteiger partial charge in [-0.05, 0) is 35.9 Å². The molecular formula is C27H24ClN3O6. The van der Waals surface area contributed by atoms with E-state index in [4.69, 9.17) is 30.5 Å². The maximum Gasteiger partial charge on any atom is 0.193 e. The molecule has 0 atom stereocenters. The van der Waals surface area contributed by atoms with Crippen molar-refractivity contribution in [2.45, 2.75) is 6.61 Å². The van der Waals surface area contributed by atoms with Crippen molar-refractivity contribution in [1.82, 2.24) is 15.0 Å². The molecule has 9 nitrogen and oxygen atoms in total. The summed E-state index contributed by atoms with van der Waals surface area (Å²) in [5.41, 5.74) is 2.04. The normalized spacial score (nSPS) is 10.9. The second-order valence-corrected chi connectivity index (χ2v) is 8.13. The maximum absolute atomic E-state index is 12.8. The molecule has 37 heavy (non-hydrogen) atoms. The Morgan fingerprint density at radius 3 is 2.51 bits per heavy atom. The smallest absolute Gasteiger partial charge is 0.193 e. The van der Waals surface area contributed by atoms with Crippen LogP contribution in [0.1, 0.15) is 21.6 Å². The molecule has 4 rings (SSSR count). The zero-order chi connectivity index (χ0) is 26.4. The van der Waals surface area contributed by atoms with Crippen molar-refractivity contribution in [3.8, 4) is 34.4 Å². The fourth-order valence-electron chi connectivity index (χ4n) is 3.54. The number of carbonyl (C=O) groups excluding carboxylic acids is 1. The first kappa shape index (κ1) is 25.6. The minimum Gasteiger partial charge on any atom is -0.507 e. The lowest BCUT2D eigenvalue weighted by molar-refractivity contribution is 0.104. The average Bonchev–Trinajstić information content (AvgIpc) is 3.39. The van der Waals surface area contributed by atoms with E-state index in [-0.39, 0.29) is 23.7 Å². The summed E-state index contributed by atoms with van der Waals surface area (Å²) in [6, 6.07) is 15.4. The molecule has 4 aromatic rings. The maximum atomic E-state index is 12.8. The van der Waals surface area contributed by atoms with Gasteiger partial charge in [0.05, 0.1) is 38.2 Å². The van der Waals surface area contributed by atoms with Crippen molar-refractivity contribution >= 4 is 23.5 Å². The number of phenols is 1. The summed E-state index contributed by atoms with van der Waals surface area (Å²) in [7, 11) is 4.39. The molecule has 3 aromatic carbocycles. The third-order valence-corrected chi connectivity index (χ3v) is 5.71. The summed E-state index contributed by atoms with van der Waals surface area (Å²) < 4.78 is 23.3. The van der Waals surface area contributed by atoms with Crippen LogP contribution in [-0.4, -0.2) is 47.2 Å². The molecule has 190 valence electrons. The number of allylic oxidation sites excluding steroid dienone is 1. The van der Waals surface area contributed by atoms with Crippen molar-refractivity contribution in [1.29, 1.82) is 0 Å². The van der Waals surface area contributed by atoms with Gasteiger partial charge in [0.25, 0.3) is 0 Å². The minimum atomic E-state index is -0.432. The van der Waals surface area contributed by atoms with Crippen molar-refractivity contribution in [3.05, 3.63) is 88.7 Å². The molecule has 0 saturated heterocycles. The Labute approximate surface area is 218 Å². The van der Waals surface area contributed by atoms with E-state index in [1.165, 1.54) is 39.5 Å². The Morgan fingerprint density at radius 1 is 1.00 bits per heavy atom. The number of halogens is 1. The molecule has 0 aliphatic rings. The number of phenolic OH excluding ortho intramolecular Hbond substituents is 1. The first-order valence-electron chi connectivity index (χ1n) is 11.1. The standard InChI is InChI=1S/C27H24ClN3O6/c1-34-19-13-23(33)27(26(14-19)36-3)22(32)10-8-17-9-11-24(25(12-17)35-2)37-16-18-15-31(30-29-18)21-7-5-4-6-20(21)28/h4-15,33H,16H2,1-3H3/b10-8+. The van der Waals surface area contributed by atoms with E-state index in [1.54, 1.807) is 41.2 Å². The second kappa shape index (κ2) is 11.5. The summed E-state index contributed by atoms with van der Waals surface area (Å²) in [4.78, 5) is 12.8. The van der Waals surface area contributed by atoms with E-state index < -0.39 is 5.78 Å². The monoisotopic (exact) mass is 521 g/mol. The third kappa shape index (κ3) is 5.84. The molecule has 0 bridgehead atoms. The zero-order valence-corrected chi connectivity index (χ0v) is 21.1. The molecule has 0 unspecified atom stereocenters. The number of benzene rings is 3. The Balaban J connectivity index is 1.46. The summed E-state index contributed by atoms with van der Waals surface area (Å²) in [6.07, 6.45) is 4.68. The SMILES string of the molecule is COc1cc(O)c(C(=O)/C=C/c2ccc(OCc3cn(-c4ccccc4Cl)nn3)c(OC)c2)c(OC)c1. The van der Waals surface area contributed by atoms with Crippen LogP contribution in [0, 0.1) is 0 Å². The molecule has 0 aliphatic carbocycles. The van der Waals surface area contributed by atoms with Crippen LogP contribution < -0.4 is 18.9 Å². The van der Waals surface area contributed by atoms with Gasteiger partial charge in [-0.15, -0.1) is 5.10 Å². The minimum absolute atomic E-state index is 0.0382. The predicted molar refractivity (Wildman–Crippen MR) is 138 cm³/mol. The van der Waals surface area contributed by atoms with Gasteiger partial charge in [-0.3, -0.25) is 4.79 Å². The Hall–Kier alpha value is -4.50. The van der Waals surface area contributed by atoms with E-state index in [0.717, 1.165) is 0 Å². The highest BCUT2D eigenvalue weighted by Crippen LogP contribution is 2.34. The highest BCUT2D eigenvalue weighted by Gasteiger charge is 2.17. The van der Waals surface area contributed by atoms with Gasteiger partial charge < -0.3 is 24.1 Å². The highest BCUT2D eigenvalue weighted by molar-refractivity contribution is 6.32. The fourth-order valence-corrected chi connectivity index (χ4v) is 3.76. The van der Waals surface area contributed by atoms with Gasteiger partial charge in [0.2, 0.25) is 0 Å². The summed E-state index contributed by atoms with van der Waals surface area (Å²) in [5.74, 6) is 0.878. The van der Waals surface area contributed by atoms with E-state index >= 15 is 0 Å². The Bertz CT molecular complexity index is 1450. The van der Waals surface area contributed by atoms with Crippen molar-refractivity contribution < 1.29 is 28.8 Å². The van der Waals surface area contributed by atoms with Crippen LogP contribution in [0.15, 0.2) is 66.9 Å². The van der Waals surface area contributed by atoms with E-state index in [9.17, 15) is 9.90 Å². The molecule has 0 fully saturated rings. The van der Waals surface area contributed by atoms with Gasteiger partial charge in [0.15, 0.2) is 17.3 Å². The van der Waals surface area contributed by atoms with Gasteiger partial charge in [-0.25, -0.2) is 4.68 Å². The number of hydrogen-bond acceptors (Lipinski definition) is 8. The van der Waals surface area contributed by atoms with Crippen LogP contribution in [0.5, 0.6) is 28.7 Å². The van der Waals surface area contributed by atoms with Crippen LogP contribution in [-0.2, 0) is 6.61 Å². The summed E-state index contributed by atoms with van der Waals surface area (Å²) in [5, 5.41) is 19.1. The second-order valence-electron chi connectivity index (χ2n) is 7.73. The number of rotatable bonds is 10. The number of ketones is 1. The summed E-state index contributed by atoms with van der Waals surface area (Å²) in [6.45, 7) is 0.158. The fraction of sp³-hybridized carbons (Fsp3) is 0.148. The average molecular weight is 522 g/mol. The van der Waals surface area contributed by atoms with Crippen molar-refractivity contribution in [2.75, 3.05) is 21.3 Å². The Morgan fingerprint density at radius 2 is 1.78 bits per heavy atom. The van der Waals surface area contributed by atoms with Crippen LogP contribution in [0.4, 0.5) is 0 Å². The lowest BCUT2D eigenvalue weighted by atomic mass is 10.1. The molecule has 10 heteroatoms. The van der Waals surface area contributed by atoms with Gasteiger partial charge in [-0.1, -0.05) is 41.1 Å². The van der Waals surface area contributed by atoms with Crippen molar-refractivity contribution in [3.63, 3.8) is 0 Å². The van der Waals surface area contributed by atoms with Crippen LogP contribution in [0.2, 0.25) is 5.02 Å². The lowest BCUT2D eigenvalue weighted by Gasteiger charge is -2.11. The van der Waals surface area contributed by atoms with E-state index in [0.29, 0.717) is 39.2 Å². The van der Waals surface area contributed by atoms with Crippen LogP contribution in [0.3, 0.4) is 0 Å².